The van der Waals surface area contributed by atoms with Crippen molar-refractivity contribution < 1.29 is 9.59 Å². The highest BCUT2D eigenvalue weighted by molar-refractivity contribution is 7.18. The number of thiophene rings is 1. The van der Waals surface area contributed by atoms with Crippen LogP contribution in [0.5, 0.6) is 0 Å². The van der Waals surface area contributed by atoms with Crippen molar-refractivity contribution in [2.24, 2.45) is 0 Å². The molecule has 0 aliphatic rings. The van der Waals surface area contributed by atoms with Gasteiger partial charge in [-0.25, -0.2) is 14.5 Å². The van der Waals surface area contributed by atoms with E-state index >= 15 is 0 Å². The van der Waals surface area contributed by atoms with E-state index in [0.717, 1.165) is 11.4 Å². The van der Waals surface area contributed by atoms with Gasteiger partial charge in [-0.05, 0) is 56.3 Å². The number of rotatable bonds is 5. The van der Waals surface area contributed by atoms with Crippen LogP contribution in [0, 0.1) is 13.8 Å². The molecule has 31 heavy (non-hydrogen) atoms. The second-order valence-corrected chi connectivity index (χ2v) is 7.89. The van der Waals surface area contributed by atoms with Crippen molar-refractivity contribution in [3.63, 3.8) is 0 Å². The predicted molar refractivity (Wildman–Crippen MR) is 122 cm³/mol. The van der Waals surface area contributed by atoms with Crippen LogP contribution in [-0.2, 0) is 0 Å². The number of aryl methyl sites for hydroxylation is 2. The molecule has 3 aromatic heterocycles. The summed E-state index contributed by atoms with van der Waals surface area (Å²) in [5, 5.41) is 13.2. The summed E-state index contributed by atoms with van der Waals surface area (Å²) in [7, 11) is 0. The van der Waals surface area contributed by atoms with Gasteiger partial charge in [0.1, 0.15) is 0 Å². The Morgan fingerprint density at radius 2 is 1.71 bits per heavy atom. The van der Waals surface area contributed by atoms with E-state index in [2.05, 4.69) is 26.0 Å². The summed E-state index contributed by atoms with van der Waals surface area (Å²) in [4.78, 5) is 29.5. The van der Waals surface area contributed by atoms with Crippen LogP contribution < -0.4 is 16.0 Å². The normalized spacial score (nSPS) is 10.5. The summed E-state index contributed by atoms with van der Waals surface area (Å²) in [6.07, 6.45) is 1.59. The molecule has 0 aliphatic carbocycles. The quantitative estimate of drug-likeness (QED) is 0.420. The SMILES string of the molecule is Cc1cc(C)n(-c2ccc(NC(=O)c3ccc(NC(=O)Nc4ccccc4)s3)cn2)n1. The maximum Gasteiger partial charge on any atom is 0.324 e. The molecular weight excluding hydrogens is 412 g/mol. The Morgan fingerprint density at radius 3 is 2.39 bits per heavy atom. The van der Waals surface area contributed by atoms with Gasteiger partial charge in [0.2, 0.25) is 0 Å². The van der Waals surface area contributed by atoms with E-state index in [1.165, 1.54) is 11.3 Å². The molecule has 0 bridgehead atoms. The van der Waals surface area contributed by atoms with Crippen LogP contribution in [0.2, 0.25) is 0 Å². The minimum Gasteiger partial charge on any atom is -0.320 e. The first kappa shape index (κ1) is 20.3. The molecule has 0 fully saturated rings. The monoisotopic (exact) mass is 432 g/mol. The van der Waals surface area contributed by atoms with Gasteiger partial charge in [0.05, 0.1) is 27.5 Å². The van der Waals surface area contributed by atoms with Crippen LogP contribution in [0.3, 0.4) is 0 Å². The zero-order valence-corrected chi connectivity index (χ0v) is 17.7. The number of carbonyl (C=O) groups is 2. The topological polar surface area (TPSA) is 101 Å². The second kappa shape index (κ2) is 8.80. The van der Waals surface area contributed by atoms with Gasteiger partial charge in [-0.3, -0.25) is 10.1 Å². The lowest BCUT2D eigenvalue weighted by atomic mass is 10.3. The number of carbonyl (C=O) groups excluding carboxylic acids is 2. The van der Waals surface area contributed by atoms with Gasteiger partial charge in [-0.1, -0.05) is 18.2 Å². The van der Waals surface area contributed by atoms with E-state index in [0.29, 0.717) is 27.1 Å². The molecule has 9 heteroatoms. The minimum atomic E-state index is -0.371. The Kier molecular flexibility index (Phi) is 5.76. The minimum absolute atomic E-state index is 0.276. The van der Waals surface area contributed by atoms with Crippen molar-refractivity contribution in [3.8, 4) is 5.82 Å². The number of para-hydroxylation sites is 1. The van der Waals surface area contributed by atoms with E-state index in [9.17, 15) is 9.59 Å². The number of hydrogen-bond acceptors (Lipinski definition) is 5. The van der Waals surface area contributed by atoms with Gasteiger partial charge in [-0.15, -0.1) is 11.3 Å². The molecule has 0 radical (unpaired) electrons. The third-order valence-corrected chi connectivity index (χ3v) is 5.33. The zero-order valence-electron chi connectivity index (χ0n) is 16.9. The Balaban J connectivity index is 1.36. The molecule has 3 heterocycles. The number of hydrogen-bond donors (Lipinski definition) is 3. The molecule has 8 nitrogen and oxygen atoms in total. The maximum absolute atomic E-state index is 12.5. The van der Waals surface area contributed by atoms with Gasteiger partial charge >= 0.3 is 6.03 Å². The highest BCUT2D eigenvalue weighted by Crippen LogP contribution is 2.23. The van der Waals surface area contributed by atoms with E-state index < -0.39 is 0 Å². The van der Waals surface area contributed by atoms with Crippen LogP contribution in [0.4, 0.5) is 21.2 Å². The zero-order chi connectivity index (χ0) is 21.8. The number of aromatic nitrogens is 3. The smallest absolute Gasteiger partial charge is 0.320 e. The molecular formula is C22H20N6O2S. The van der Waals surface area contributed by atoms with Gasteiger partial charge in [-0.2, -0.15) is 5.10 Å². The predicted octanol–water partition coefficient (Wildman–Crippen LogP) is 4.84. The van der Waals surface area contributed by atoms with Crippen molar-refractivity contribution in [1.29, 1.82) is 0 Å². The largest absolute Gasteiger partial charge is 0.324 e. The molecule has 0 aliphatic heterocycles. The highest BCUT2D eigenvalue weighted by atomic mass is 32.1. The number of anilines is 3. The lowest BCUT2D eigenvalue weighted by Crippen LogP contribution is -2.18. The fourth-order valence-electron chi connectivity index (χ4n) is 2.96. The molecule has 0 saturated heterocycles. The number of nitrogens with one attached hydrogen (secondary N) is 3. The van der Waals surface area contributed by atoms with Crippen LogP contribution in [0.1, 0.15) is 21.1 Å². The third kappa shape index (κ3) is 4.96. The standard InChI is InChI=1S/C22H20N6O2S/c1-14-12-15(2)28(27-14)19-10-8-17(13-23-19)24-21(29)18-9-11-20(31-18)26-22(30)25-16-6-4-3-5-7-16/h3-13H,1-2H3,(H,24,29)(H2,25,26,30). The van der Waals surface area contributed by atoms with Crippen molar-refractivity contribution in [2.75, 3.05) is 16.0 Å². The Bertz CT molecular complexity index is 1210. The van der Waals surface area contributed by atoms with E-state index in [-0.39, 0.29) is 11.9 Å². The van der Waals surface area contributed by atoms with Crippen LogP contribution >= 0.6 is 11.3 Å². The summed E-state index contributed by atoms with van der Waals surface area (Å²) in [6.45, 7) is 3.88. The highest BCUT2D eigenvalue weighted by Gasteiger charge is 2.12. The molecule has 0 unspecified atom stereocenters. The summed E-state index contributed by atoms with van der Waals surface area (Å²) < 4.78 is 1.75. The second-order valence-electron chi connectivity index (χ2n) is 6.81. The number of pyridine rings is 1. The summed E-state index contributed by atoms with van der Waals surface area (Å²) in [6, 6.07) is 17.6. The molecule has 1 aromatic carbocycles. The molecule has 3 amide bonds. The van der Waals surface area contributed by atoms with E-state index in [1.807, 2.05) is 38.1 Å². The maximum atomic E-state index is 12.5. The van der Waals surface area contributed by atoms with Crippen LogP contribution in [0.25, 0.3) is 5.82 Å². The van der Waals surface area contributed by atoms with Crippen molar-refractivity contribution in [1.82, 2.24) is 14.8 Å². The molecule has 0 atom stereocenters. The summed E-state index contributed by atoms with van der Waals surface area (Å²) >= 11 is 1.19. The average Bonchev–Trinajstić information content (AvgIpc) is 3.35. The fraction of sp³-hybridized carbons (Fsp3) is 0.0909. The fourth-order valence-corrected chi connectivity index (χ4v) is 3.76. The first-order chi connectivity index (χ1) is 15.0. The molecule has 0 saturated carbocycles. The summed E-state index contributed by atoms with van der Waals surface area (Å²) in [5.41, 5.74) is 3.15. The Hall–Kier alpha value is -3.98. The van der Waals surface area contributed by atoms with Crippen molar-refractivity contribution >= 4 is 39.7 Å². The lowest BCUT2D eigenvalue weighted by Gasteiger charge is -2.06. The van der Waals surface area contributed by atoms with Gasteiger partial charge in [0, 0.05) is 11.4 Å². The van der Waals surface area contributed by atoms with Crippen LogP contribution in [-0.4, -0.2) is 26.7 Å². The van der Waals surface area contributed by atoms with Gasteiger partial charge in [0.15, 0.2) is 5.82 Å². The lowest BCUT2D eigenvalue weighted by molar-refractivity contribution is 0.103. The van der Waals surface area contributed by atoms with Crippen molar-refractivity contribution in [3.05, 3.63) is 83.1 Å². The average molecular weight is 433 g/mol. The first-order valence-corrected chi connectivity index (χ1v) is 10.3. The Morgan fingerprint density at radius 1 is 0.903 bits per heavy atom. The molecule has 4 rings (SSSR count). The first-order valence-electron chi connectivity index (χ1n) is 9.52. The molecule has 156 valence electrons. The molecule has 4 aromatic rings. The Labute approximate surface area is 183 Å². The van der Waals surface area contributed by atoms with Gasteiger partial charge < -0.3 is 10.6 Å². The van der Waals surface area contributed by atoms with E-state index in [4.69, 9.17) is 0 Å². The number of amides is 3. The molecule has 3 N–H and O–H groups in total. The summed E-state index contributed by atoms with van der Waals surface area (Å²) in [5.74, 6) is 0.401. The third-order valence-electron chi connectivity index (χ3n) is 4.33. The number of urea groups is 1. The van der Waals surface area contributed by atoms with Crippen molar-refractivity contribution in [2.45, 2.75) is 13.8 Å². The van der Waals surface area contributed by atoms with Gasteiger partial charge in [0.25, 0.3) is 5.91 Å². The van der Waals surface area contributed by atoms with E-state index in [1.54, 1.807) is 47.3 Å². The number of benzene rings is 1. The molecule has 0 spiro atoms. The van der Waals surface area contributed by atoms with Crippen LogP contribution in [0.15, 0.2) is 66.9 Å². The number of nitrogens with zero attached hydrogens (tertiary/aromatic N) is 3.